The van der Waals surface area contributed by atoms with Crippen LogP contribution in [0.15, 0.2) is 29.1 Å². The lowest BCUT2D eigenvalue weighted by molar-refractivity contribution is 0.135. The van der Waals surface area contributed by atoms with Gasteiger partial charge >= 0.3 is 0 Å². The minimum Gasteiger partial charge on any atom is -0.483 e. The molecule has 0 bridgehead atoms. The van der Waals surface area contributed by atoms with E-state index in [1.165, 1.54) is 21.9 Å². The van der Waals surface area contributed by atoms with Gasteiger partial charge in [0.1, 0.15) is 5.60 Å². The zero-order valence-corrected chi connectivity index (χ0v) is 14.5. The third-order valence-corrected chi connectivity index (χ3v) is 4.68. The van der Waals surface area contributed by atoms with E-state index < -0.39 is 0 Å². The molecule has 0 saturated heterocycles. The molecule has 24 heavy (non-hydrogen) atoms. The summed E-state index contributed by atoms with van der Waals surface area (Å²) in [6.07, 6.45) is 1.54. The van der Waals surface area contributed by atoms with E-state index in [-0.39, 0.29) is 11.2 Å². The summed E-state index contributed by atoms with van der Waals surface area (Å²) in [5.41, 5.74) is 1.42. The van der Waals surface area contributed by atoms with Crippen molar-refractivity contribution >= 4 is 16.3 Å². The molecule has 0 radical (unpaired) electrons. The Morgan fingerprint density at radius 1 is 1.42 bits per heavy atom. The van der Waals surface area contributed by atoms with Crippen LogP contribution in [0.4, 0.5) is 0 Å². The smallest absolute Gasteiger partial charge is 0.300 e. The van der Waals surface area contributed by atoms with Gasteiger partial charge < -0.3 is 9.47 Å². The summed E-state index contributed by atoms with van der Waals surface area (Å²) in [6, 6.07) is 7.32. The molecule has 0 unspecified atom stereocenters. The Morgan fingerprint density at radius 3 is 3.04 bits per heavy atom. The van der Waals surface area contributed by atoms with Crippen molar-refractivity contribution in [2.45, 2.75) is 39.2 Å². The largest absolute Gasteiger partial charge is 0.483 e. The fourth-order valence-corrected chi connectivity index (χ4v) is 3.61. The molecule has 3 aromatic rings. The average Bonchev–Trinajstić information content (AvgIpc) is 3.06. The quantitative estimate of drug-likeness (QED) is 0.730. The van der Waals surface area contributed by atoms with Gasteiger partial charge in [0.2, 0.25) is 4.96 Å². The van der Waals surface area contributed by atoms with E-state index in [9.17, 15) is 4.79 Å². The van der Waals surface area contributed by atoms with E-state index in [1.54, 1.807) is 0 Å². The fourth-order valence-electron chi connectivity index (χ4n) is 2.82. The predicted molar refractivity (Wildman–Crippen MR) is 91.4 cm³/mol. The fraction of sp³-hybridized carbons (Fsp3) is 0.353. The summed E-state index contributed by atoms with van der Waals surface area (Å²) in [4.78, 5) is 17.0. The average molecular weight is 343 g/mol. The van der Waals surface area contributed by atoms with Gasteiger partial charge in [0.05, 0.1) is 0 Å². The minimum absolute atomic E-state index is 0.196. The van der Waals surface area contributed by atoms with Crippen molar-refractivity contribution in [2.75, 3.05) is 0 Å². The number of hydrogen-bond donors (Lipinski definition) is 0. The lowest BCUT2D eigenvalue weighted by Crippen LogP contribution is -2.24. The normalized spacial score (nSPS) is 15.3. The molecule has 2 aromatic heterocycles. The standard InChI is InChI=1S/C17H17N3O3S/c1-4-11-8-13(21)20-15(18-11)24-16(19-20)22-12-7-5-6-10-9-17(2,3)23-14(10)12/h5-8H,4,9H2,1-3H3. The first-order chi connectivity index (χ1) is 11.4. The van der Waals surface area contributed by atoms with Gasteiger partial charge in [-0.1, -0.05) is 19.1 Å². The van der Waals surface area contributed by atoms with Gasteiger partial charge in [-0.2, -0.15) is 4.52 Å². The van der Waals surface area contributed by atoms with E-state index in [1.807, 2.05) is 39.0 Å². The van der Waals surface area contributed by atoms with Crippen LogP contribution in [0.2, 0.25) is 0 Å². The van der Waals surface area contributed by atoms with Crippen LogP contribution in [0.25, 0.3) is 4.96 Å². The van der Waals surface area contributed by atoms with Crippen LogP contribution in [0.5, 0.6) is 16.7 Å². The summed E-state index contributed by atoms with van der Waals surface area (Å²) in [5, 5.41) is 4.60. The van der Waals surface area contributed by atoms with Crippen molar-refractivity contribution in [3.8, 4) is 16.7 Å². The first-order valence-electron chi connectivity index (χ1n) is 7.84. The van der Waals surface area contributed by atoms with Crippen molar-refractivity contribution in [1.82, 2.24) is 14.6 Å². The number of aromatic nitrogens is 3. The summed E-state index contributed by atoms with van der Waals surface area (Å²) in [5.74, 6) is 1.36. The maximum atomic E-state index is 12.1. The number of ether oxygens (including phenoxy) is 2. The van der Waals surface area contributed by atoms with Crippen LogP contribution in [0, 0.1) is 0 Å². The summed E-state index contributed by atoms with van der Waals surface area (Å²) in [7, 11) is 0. The Balaban J connectivity index is 1.73. The monoisotopic (exact) mass is 343 g/mol. The van der Waals surface area contributed by atoms with Gasteiger partial charge in [-0.25, -0.2) is 4.98 Å². The van der Waals surface area contributed by atoms with Crippen molar-refractivity contribution in [1.29, 1.82) is 0 Å². The molecule has 4 rings (SSSR count). The van der Waals surface area contributed by atoms with Gasteiger partial charge in [0.25, 0.3) is 10.8 Å². The van der Waals surface area contributed by atoms with Gasteiger partial charge in [0, 0.05) is 23.7 Å². The molecule has 1 aliphatic heterocycles. The molecule has 0 N–H and O–H groups in total. The van der Waals surface area contributed by atoms with Gasteiger partial charge in [0.15, 0.2) is 11.5 Å². The number of aryl methyl sites for hydroxylation is 1. The van der Waals surface area contributed by atoms with Crippen LogP contribution in [-0.2, 0) is 12.8 Å². The number of rotatable bonds is 3. The highest BCUT2D eigenvalue weighted by molar-refractivity contribution is 7.18. The Bertz CT molecular complexity index is 990. The number of hydrogen-bond acceptors (Lipinski definition) is 6. The molecule has 1 aliphatic rings. The zero-order chi connectivity index (χ0) is 16.9. The third kappa shape index (κ3) is 2.54. The van der Waals surface area contributed by atoms with Crippen LogP contribution in [0.3, 0.4) is 0 Å². The van der Waals surface area contributed by atoms with Crippen LogP contribution >= 0.6 is 11.3 Å². The first kappa shape index (κ1) is 15.1. The number of fused-ring (bicyclic) bond motifs is 2. The van der Waals surface area contributed by atoms with Crippen LogP contribution < -0.4 is 15.0 Å². The predicted octanol–water partition coefficient (Wildman–Crippen LogP) is 3.22. The molecular formula is C17H17N3O3S. The highest BCUT2D eigenvalue weighted by atomic mass is 32.1. The van der Waals surface area contributed by atoms with Crippen LogP contribution in [0.1, 0.15) is 32.0 Å². The topological polar surface area (TPSA) is 65.7 Å². The highest BCUT2D eigenvalue weighted by Gasteiger charge is 2.32. The Labute approximate surface area is 142 Å². The molecule has 7 heteroatoms. The molecular weight excluding hydrogens is 326 g/mol. The second-order valence-corrected chi connectivity index (χ2v) is 7.31. The molecule has 6 nitrogen and oxygen atoms in total. The molecule has 0 atom stereocenters. The molecule has 0 saturated carbocycles. The van der Waals surface area contributed by atoms with E-state index in [0.29, 0.717) is 22.3 Å². The maximum absolute atomic E-state index is 12.1. The number of nitrogens with zero attached hydrogens (tertiary/aromatic N) is 3. The molecule has 0 spiro atoms. The van der Waals surface area contributed by atoms with Crippen molar-refractivity contribution < 1.29 is 9.47 Å². The van der Waals surface area contributed by atoms with E-state index in [4.69, 9.17) is 9.47 Å². The van der Waals surface area contributed by atoms with Crippen molar-refractivity contribution in [3.63, 3.8) is 0 Å². The Kier molecular flexibility index (Phi) is 3.35. The van der Waals surface area contributed by atoms with Gasteiger partial charge in [-0.15, -0.1) is 5.10 Å². The number of benzene rings is 1. The second kappa shape index (κ2) is 5.31. The summed E-state index contributed by atoms with van der Waals surface area (Å²) >= 11 is 1.24. The Hall–Kier alpha value is -2.41. The molecule has 3 heterocycles. The third-order valence-electron chi connectivity index (χ3n) is 3.89. The highest BCUT2D eigenvalue weighted by Crippen LogP contribution is 2.43. The van der Waals surface area contributed by atoms with Crippen molar-refractivity contribution in [2.24, 2.45) is 0 Å². The molecule has 0 aliphatic carbocycles. The molecule has 1 aromatic carbocycles. The van der Waals surface area contributed by atoms with Gasteiger partial charge in [-0.3, -0.25) is 4.79 Å². The Morgan fingerprint density at radius 2 is 2.25 bits per heavy atom. The van der Waals surface area contributed by atoms with Gasteiger partial charge in [-0.05, 0) is 37.7 Å². The lowest BCUT2D eigenvalue weighted by atomic mass is 10.0. The van der Waals surface area contributed by atoms with Crippen molar-refractivity contribution in [3.05, 3.63) is 45.9 Å². The van der Waals surface area contributed by atoms with E-state index in [0.717, 1.165) is 23.4 Å². The second-order valence-electron chi connectivity index (χ2n) is 6.39. The number of para-hydroxylation sites is 1. The molecule has 124 valence electrons. The summed E-state index contributed by atoms with van der Waals surface area (Å²) < 4.78 is 13.2. The van der Waals surface area contributed by atoms with E-state index in [2.05, 4.69) is 10.1 Å². The van der Waals surface area contributed by atoms with Crippen LogP contribution in [-0.4, -0.2) is 20.2 Å². The zero-order valence-electron chi connectivity index (χ0n) is 13.7. The lowest BCUT2D eigenvalue weighted by Gasteiger charge is -2.17. The minimum atomic E-state index is -0.246. The molecule has 0 fully saturated rings. The first-order valence-corrected chi connectivity index (χ1v) is 8.65. The maximum Gasteiger partial charge on any atom is 0.300 e. The van der Waals surface area contributed by atoms with E-state index >= 15 is 0 Å². The molecule has 0 amide bonds. The SMILES string of the molecule is CCc1cc(=O)n2nc(Oc3cccc4c3OC(C)(C)C4)sc2n1. The summed E-state index contributed by atoms with van der Waals surface area (Å²) in [6.45, 7) is 6.05.